The van der Waals surface area contributed by atoms with Gasteiger partial charge in [-0.15, -0.1) is 0 Å². The Balaban J connectivity index is 2.43. The average Bonchev–Trinajstić information content (AvgIpc) is 2.21. The molecule has 0 saturated carbocycles. The summed E-state index contributed by atoms with van der Waals surface area (Å²) in [4.78, 5) is 0. The van der Waals surface area contributed by atoms with Gasteiger partial charge in [-0.1, -0.05) is 25.5 Å². The zero-order valence-electron chi connectivity index (χ0n) is 8.49. The number of hydrogen-bond donors (Lipinski definition) is 0. The molecule has 2 heteroatoms. The molecule has 1 aromatic rings. The molecule has 0 heterocycles. The molecule has 0 radical (unpaired) electrons. The fraction of sp³-hybridized carbons (Fsp3) is 0.417. The van der Waals surface area contributed by atoms with E-state index in [0.717, 1.165) is 18.6 Å². The Morgan fingerprint density at radius 2 is 2.00 bits per heavy atom. The molecule has 74 valence electrons. The van der Waals surface area contributed by atoms with Crippen molar-refractivity contribution < 1.29 is 4.74 Å². The summed E-state index contributed by atoms with van der Waals surface area (Å²) in [6.07, 6.45) is 2.71. The maximum atomic E-state index is 8.33. The maximum Gasteiger partial charge on any atom is 0.119 e. The molecular formula is C12H15NO. The first-order chi connectivity index (χ1) is 6.86. The van der Waals surface area contributed by atoms with Gasteiger partial charge >= 0.3 is 0 Å². The molecule has 0 unspecified atom stereocenters. The van der Waals surface area contributed by atoms with Gasteiger partial charge < -0.3 is 4.74 Å². The van der Waals surface area contributed by atoms with Crippen molar-refractivity contribution in [3.8, 4) is 11.8 Å². The minimum Gasteiger partial charge on any atom is -0.493 e. The Bertz CT molecular complexity index is 297. The van der Waals surface area contributed by atoms with Crippen LogP contribution < -0.4 is 4.74 Å². The molecule has 0 spiro atoms. The van der Waals surface area contributed by atoms with E-state index in [0.29, 0.717) is 13.0 Å². The van der Waals surface area contributed by atoms with E-state index >= 15 is 0 Å². The lowest BCUT2D eigenvalue weighted by atomic mass is 10.1. The second kappa shape index (κ2) is 6.04. The molecule has 0 atom stereocenters. The topological polar surface area (TPSA) is 33.0 Å². The lowest BCUT2D eigenvalue weighted by Crippen LogP contribution is -1.95. The van der Waals surface area contributed by atoms with Crippen molar-refractivity contribution in [2.75, 3.05) is 6.61 Å². The molecule has 0 aromatic heterocycles. The van der Waals surface area contributed by atoms with Gasteiger partial charge in [-0.2, -0.15) is 5.26 Å². The highest BCUT2D eigenvalue weighted by atomic mass is 16.5. The predicted octanol–water partition coefficient (Wildman–Crippen LogP) is 2.93. The van der Waals surface area contributed by atoms with E-state index in [1.54, 1.807) is 0 Å². The van der Waals surface area contributed by atoms with Crippen molar-refractivity contribution in [1.82, 2.24) is 0 Å². The van der Waals surface area contributed by atoms with E-state index in [9.17, 15) is 0 Å². The minimum atomic E-state index is 0.441. The molecule has 0 amide bonds. The van der Waals surface area contributed by atoms with Crippen LogP contribution in [0, 0.1) is 11.3 Å². The van der Waals surface area contributed by atoms with Crippen molar-refractivity contribution in [2.45, 2.75) is 26.2 Å². The Morgan fingerprint density at radius 3 is 2.57 bits per heavy atom. The first-order valence-electron chi connectivity index (χ1n) is 4.95. The van der Waals surface area contributed by atoms with Gasteiger partial charge in [0.05, 0.1) is 12.5 Å². The van der Waals surface area contributed by atoms with Gasteiger partial charge in [0.1, 0.15) is 12.4 Å². The van der Waals surface area contributed by atoms with Crippen LogP contribution in [0.5, 0.6) is 5.75 Å². The summed E-state index contributed by atoms with van der Waals surface area (Å²) in [5.41, 5.74) is 1.33. The fourth-order valence-electron chi connectivity index (χ4n) is 1.26. The first-order valence-corrected chi connectivity index (χ1v) is 4.95. The maximum absolute atomic E-state index is 8.33. The van der Waals surface area contributed by atoms with Gasteiger partial charge in [0, 0.05) is 0 Å². The second-order valence-corrected chi connectivity index (χ2v) is 3.15. The predicted molar refractivity (Wildman–Crippen MR) is 56.2 cm³/mol. The smallest absolute Gasteiger partial charge is 0.119 e. The molecule has 1 rings (SSSR count). The van der Waals surface area contributed by atoms with Crippen LogP contribution >= 0.6 is 0 Å². The molecule has 2 nitrogen and oxygen atoms in total. The van der Waals surface area contributed by atoms with Crippen molar-refractivity contribution >= 4 is 0 Å². The number of benzene rings is 1. The van der Waals surface area contributed by atoms with Gasteiger partial charge in [-0.3, -0.25) is 0 Å². The first kappa shape index (κ1) is 10.6. The van der Waals surface area contributed by atoms with Crippen molar-refractivity contribution in [2.24, 2.45) is 0 Å². The van der Waals surface area contributed by atoms with Gasteiger partial charge in [0.15, 0.2) is 0 Å². The van der Waals surface area contributed by atoms with E-state index in [1.807, 2.05) is 18.2 Å². The highest BCUT2D eigenvalue weighted by molar-refractivity contribution is 5.27. The summed E-state index contributed by atoms with van der Waals surface area (Å²) in [6.45, 7) is 2.64. The molecule has 0 bridgehead atoms. The van der Waals surface area contributed by atoms with Crippen molar-refractivity contribution in [1.29, 1.82) is 5.26 Å². The molecule has 0 N–H and O–H groups in total. The van der Waals surface area contributed by atoms with Crippen LogP contribution in [-0.4, -0.2) is 6.61 Å². The zero-order chi connectivity index (χ0) is 10.2. The molecule has 0 fully saturated rings. The number of ether oxygens (including phenoxy) is 1. The van der Waals surface area contributed by atoms with E-state index in [2.05, 4.69) is 19.1 Å². The van der Waals surface area contributed by atoms with Gasteiger partial charge in [0.2, 0.25) is 0 Å². The largest absolute Gasteiger partial charge is 0.493 e. The number of aryl methyl sites for hydroxylation is 1. The summed E-state index contributed by atoms with van der Waals surface area (Å²) in [7, 11) is 0. The van der Waals surface area contributed by atoms with Crippen LogP contribution in [0.3, 0.4) is 0 Å². The second-order valence-electron chi connectivity index (χ2n) is 3.15. The highest BCUT2D eigenvalue weighted by Crippen LogP contribution is 2.13. The summed E-state index contributed by atoms with van der Waals surface area (Å²) < 4.78 is 5.36. The minimum absolute atomic E-state index is 0.441. The molecule has 0 aliphatic heterocycles. The number of hydrogen-bond acceptors (Lipinski definition) is 2. The average molecular weight is 189 g/mol. The lowest BCUT2D eigenvalue weighted by Gasteiger charge is -2.04. The third kappa shape index (κ3) is 3.49. The Kier molecular flexibility index (Phi) is 4.57. The fourth-order valence-corrected chi connectivity index (χ4v) is 1.26. The molecule has 14 heavy (non-hydrogen) atoms. The van der Waals surface area contributed by atoms with Gasteiger partial charge in [0.25, 0.3) is 0 Å². The third-order valence-electron chi connectivity index (χ3n) is 1.94. The molecule has 0 aliphatic rings. The molecular weight excluding hydrogens is 174 g/mol. The summed E-state index contributed by atoms with van der Waals surface area (Å²) in [5.74, 6) is 0.847. The Morgan fingerprint density at radius 1 is 1.29 bits per heavy atom. The van der Waals surface area contributed by atoms with Crippen molar-refractivity contribution in [3.63, 3.8) is 0 Å². The summed E-state index contributed by atoms with van der Waals surface area (Å²) >= 11 is 0. The molecule has 0 aliphatic carbocycles. The van der Waals surface area contributed by atoms with Crippen LogP contribution in [0.1, 0.15) is 25.3 Å². The van der Waals surface area contributed by atoms with Crippen LogP contribution in [0.4, 0.5) is 0 Å². The van der Waals surface area contributed by atoms with E-state index < -0.39 is 0 Å². The van der Waals surface area contributed by atoms with Crippen LogP contribution in [0.15, 0.2) is 24.3 Å². The van der Waals surface area contributed by atoms with Crippen LogP contribution in [-0.2, 0) is 6.42 Å². The zero-order valence-corrected chi connectivity index (χ0v) is 8.49. The molecule has 0 saturated heterocycles. The number of nitrogens with zero attached hydrogens (tertiary/aromatic N) is 1. The SMILES string of the molecule is CCCc1ccc(OCCC#N)cc1. The van der Waals surface area contributed by atoms with Gasteiger partial charge in [-0.05, 0) is 24.1 Å². The third-order valence-corrected chi connectivity index (χ3v) is 1.94. The number of nitriles is 1. The lowest BCUT2D eigenvalue weighted by molar-refractivity contribution is 0.326. The van der Waals surface area contributed by atoms with Crippen molar-refractivity contribution in [3.05, 3.63) is 29.8 Å². The van der Waals surface area contributed by atoms with Gasteiger partial charge in [-0.25, -0.2) is 0 Å². The summed E-state index contributed by atoms with van der Waals surface area (Å²) in [5, 5.41) is 8.33. The Hall–Kier alpha value is -1.49. The number of rotatable bonds is 5. The molecule has 1 aromatic carbocycles. The monoisotopic (exact) mass is 189 g/mol. The van der Waals surface area contributed by atoms with E-state index in [1.165, 1.54) is 5.56 Å². The quantitative estimate of drug-likeness (QED) is 0.667. The standard InChI is InChI=1S/C12H15NO/c1-2-4-11-5-7-12(8-6-11)14-10-3-9-13/h5-8H,2-4,10H2,1H3. The van der Waals surface area contributed by atoms with Crippen LogP contribution in [0.2, 0.25) is 0 Å². The Labute approximate surface area is 85.1 Å². The normalized spacial score (nSPS) is 9.43. The summed E-state index contributed by atoms with van der Waals surface area (Å²) in [6, 6.07) is 10.1. The van der Waals surface area contributed by atoms with E-state index in [-0.39, 0.29) is 0 Å². The highest BCUT2D eigenvalue weighted by Gasteiger charge is 1.94. The van der Waals surface area contributed by atoms with Crippen LogP contribution in [0.25, 0.3) is 0 Å². The van der Waals surface area contributed by atoms with E-state index in [4.69, 9.17) is 10.00 Å².